The van der Waals surface area contributed by atoms with Gasteiger partial charge in [0.25, 0.3) is 0 Å². The second-order valence-electron chi connectivity index (χ2n) is 6.26. The van der Waals surface area contributed by atoms with Gasteiger partial charge in [-0.05, 0) is 37.8 Å². The molecule has 122 valence electrons. The molecule has 0 aromatic carbocycles. The Morgan fingerprint density at radius 1 is 1.43 bits per heavy atom. The Hall–Kier alpha value is -2.21. The van der Waals surface area contributed by atoms with Gasteiger partial charge >= 0.3 is 0 Å². The standard InChI is InChI=1S/C17H23N5O/c1-12-9-16(20-17(23)10-13-5-4-7-15(13)18)22(21-12)11-14-6-2-3-8-19-14/h2-3,6,8-9,13,15H,4-5,7,10-11,18H2,1H3,(H,20,23)/t13-,15+/m0/s1. The normalized spacial score (nSPS) is 20.6. The maximum absolute atomic E-state index is 12.3. The largest absolute Gasteiger partial charge is 0.327 e. The minimum absolute atomic E-state index is 0.00882. The highest BCUT2D eigenvalue weighted by Crippen LogP contribution is 2.27. The molecule has 1 aliphatic rings. The Bertz CT molecular complexity index is 667. The van der Waals surface area contributed by atoms with Crippen LogP contribution in [-0.4, -0.2) is 26.7 Å². The summed E-state index contributed by atoms with van der Waals surface area (Å²) in [7, 11) is 0. The lowest BCUT2D eigenvalue weighted by Gasteiger charge is -2.15. The number of carbonyl (C=O) groups excluding carboxylic acids is 1. The first-order valence-electron chi connectivity index (χ1n) is 8.11. The summed E-state index contributed by atoms with van der Waals surface area (Å²) in [5, 5.41) is 7.42. The fourth-order valence-electron chi connectivity index (χ4n) is 3.16. The van der Waals surface area contributed by atoms with Gasteiger partial charge in [0.15, 0.2) is 0 Å². The van der Waals surface area contributed by atoms with Gasteiger partial charge < -0.3 is 11.1 Å². The molecule has 0 bridgehead atoms. The molecule has 2 aromatic heterocycles. The quantitative estimate of drug-likeness (QED) is 0.885. The van der Waals surface area contributed by atoms with Crippen molar-refractivity contribution in [3.05, 3.63) is 41.9 Å². The molecule has 1 fully saturated rings. The summed E-state index contributed by atoms with van der Waals surface area (Å²) >= 11 is 0. The van der Waals surface area contributed by atoms with E-state index in [-0.39, 0.29) is 11.9 Å². The van der Waals surface area contributed by atoms with Crippen LogP contribution in [0.25, 0.3) is 0 Å². The summed E-state index contributed by atoms with van der Waals surface area (Å²) in [4.78, 5) is 16.6. The number of hydrogen-bond donors (Lipinski definition) is 2. The van der Waals surface area contributed by atoms with Gasteiger partial charge in [-0.1, -0.05) is 12.5 Å². The van der Waals surface area contributed by atoms with Crippen molar-refractivity contribution < 1.29 is 4.79 Å². The zero-order chi connectivity index (χ0) is 16.2. The van der Waals surface area contributed by atoms with Crippen LogP contribution >= 0.6 is 0 Å². The van der Waals surface area contributed by atoms with Crippen molar-refractivity contribution in [1.29, 1.82) is 0 Å². The van der Waals surface area contributed by atoms with E-state index in [0.29, 0.717) is 24.7 Å². The zero-order valence-electron chi connectivity index (χ0n) is 13.4. The van der Waals surface area contributed by atoms with E-state index in [1.165, 1.54) is 0 Å². The molecule has 0 spiro atoms. The maximum Gasteiger partial charge on any atom is 0.225 e. The highest BCUT2D eigenvalue weighted by atomic mass is 16.1. The number of aromatic nitrogens is 3. The van der Waals surface area contributed by atoms with Gasteiger partial charge in [-0.3, -0.25) is 9.78 Å². The lowest BCUT2D eigenvalue weighted by Crippen LogP contribution is -2.28. The summed E-state index contributed by atoms with van der Waals surface area (Å²) in [5.74, 6) is 1.02. The SMILES string of the molecule is Cc1cc(NC(=O)C[C@@H]2CCC[C@H]2N)n(Cc2ccccn2)n1. The summed E-state index contributed by atoms with van der Waals surface area (Å²) in [6.07, 6.45) is 5.42. The number of anilines is 1. The lowest BCUT2D eigenvalue weighted by molar-refractivity contribution is -0.117. The molecular formula is C17H23N5O. The number of amides is 1. The number of rotatable bonds is 5. The average molecular weight is 313 g/mol. The average Bonchev–Trinajstić information content (AvgIpc) is 3.06. The minimum Gasteiger partial charge on any atom is -0.327 e. The molecule has 6 nitrogen and oxygen atoms in total. The Balaban J connectivity index is 1.66. The monoisotopic (exact) mass is 313 g/mol. The van der Waals surface area contributed by atoms with Crippen LogP contribution in [0.5, 0.6) is 0 Å². The molecule has 23 heavy (non-hydrogen) atoms. The van der Waals surface area contributed by atoms with Crippen molar-refractivity contribution in [3.8, 4) is 0 Å². The Morgan fingerprint density at radius 2 is 2.30 bits per heavy atom. The van der Waals surface area contributed by atoms with Gasteiger partial charge in [0.2, 0.25) is 5.91 Å². The van der Waals surface area contributed by atoms with E-state index in [1.807, 2.05) is 31.2 Å². The van der Waals surface area contributed by atoms with Crippen LogP contribution in [0.3, 0.4) is 0 Å². The van der Waals surface area contributed by atoms with Gasteiger partial charge in [0.05, 0.1) is 17.9 Å². The Morgan fingerprint density at radius 3 is 3.00 bits per heavy atom. The van der Waals surface area contributed by atoms with Crippen LogP contribution in [0, 0.1) is 12.8 Å². The number of pyridine rings is 1. The van der Waals surface area contributed by atoms with E-state index in [9.17, 15) is 4.79 Å². The summed E-state index contributed by atoms with van der Waals surface area (Å²) in [5.41, 5.74) is 7.83. The number of hydrogen-bond acceptors (Lipinski definition) is 4. The lowest BCUT2D eigenvalue weighted by atomic mass is 10.00. The highest BCUT2D eigenvalue weighted by Gasteiger charge is 2.26. The summed E-state index contributed by atoms with van der Waals surface area (Å²) < 4.78 is 1.78. The summed E-state index contributed by atoms with van der Waals surface area (Å²) in [6.45, 7) is 2.45. The van der Waals surface area contributed by atoms with Crippen LogP contribution in [0.1, 0.15) is 37.1 Å². The molecule has 0 unspecified atom stereocenters. The van der Waals surface area contributed by atoms with Crippen molar-refractivity contribution in [2.75, 3.05) is 5.32 Å². The van der Waals surface area contributed by atoms with Crippen LogP contribution < -0.4 is 11.1 Å². The third kappa shape index (κ3) is 3.96. The van der Waals surface area contributed by atoms with Crippen LogP contribution in [-0.2, 0) is 11.3 Å². The molecule has 3 rings (SSSR count). The van der Waals surface area contributed by atoms with Gasteiger partial charge in [-0.25, -0.2) is 4.68 Å². The van der Waals surface area contributed by atoms with E-state index in [4.69, 9.17) is 5.73 Å². The second-order valence-corrected chi connectivity index (χ2v) is 6.26. The third-order valence-corrected chi connectivity index (χ3v) is 4.37. The van der Waals surface area contributed by atoms with E-state index < -0.39 is 0 Å². The van der Waals surface area contributed by atoms with Crippen molar-refractivity contribution in [1.82, 2.24) is 14.8 Å². The van der Waals surface area contributed by atoms with E-state index in [0.717, 1.165) is 30.7 Å². The van der Waals surface area contributed by atoms with Crippen LogP contribution in [0.2, 0.25) is 0 Å². The number of nitrogens with two attached hydrogens (primary N) is 1. The molecule has 6 heteroatoms. The van der Waals surface area contributed by atoms with Crippen molar-refractivity contribution in [2.24, 2.45) is 11.7 Å². The molecule has 3 N–H and O–H groups in total. The predicted molar refractivity (Wildman–Crippen MR) is 88.9 cm³/mol. The minimum atomic E-state index is 0.00882. The van der Waals surface area contributed by atoms with Crippen LogP contribution in [0.15, 0.2) is 30.5 Å². The third-order valence-electron chi connectivity index (χ3n) is 4.37. The van der Waals surface area contributed by atoms with Crippen LogP contribution in [0.4, 0.5) is 5.82 Å². The number of nitrogens with one attached hydrogen (secondary N) is 1. The number of carbonyl (C=O) groups is 1. The van der Waals surface area contributed by atoms with Gasteiger partial charge in [0, 0.05) is 24.7 Å². The molecule has 0 saturated heterocycles. The number of aryl methyl sites for hydroxylation is 1. The zero-order valence-corrected chi connectivity index (χ0v) is 13.4. The molecule has 1 aliphatic carbocycles. The second kappa shape index (κ2) is 6.91. The first-order valence-corrected chi connectivity index (χ1v) is 8.11. The molecule has 1 amide bonds. The van der Waals surface area contributed by atoms with E-state index >= 15 is 0 Å². The Labute approximate surface area is 136 Å². The first kappa shape index (κ1) is 15.7. The molecule has 2 heterocycles. The predicted octanol–water partition coefficient (Wildman–Crippen LogP) is 2.09. The molecule has 2 atom stereocenters. The highest BCUT2D eigenvalue weighted by molar-refractivity contribution is 5.90. The molecule has 1 saturated carbocycles. The molecule has 2 aromatic rings. The van der Waals surface area contributed by atoms with Crippen molar-refractivity contribution in [3.63, 3.8) is 0 Å². The topological polar surface area (TPSA) is 85.8 Å². The Kier molecular flexibility index (Phi) is 4.71. The van der Waals surface area contributed by atoms with Crippen molar-refractivity contribution in [2.45, 2.75) is 45.2 Å². The van der Waals surface area contributed by atoms with Gasteiger partial charge in [0.1, 0.15) is 5.82 Å². The summed E-state index contributed by atoms with van der Waals surface area (Å²) in [6, 6.07) is 7.81. The maximum atomic E-state index is 12.3. The molecule has 0 radical (unpaired) electrons. The fourth-order valence-corrected chi connectivity index (χ4v) is 3.16. The van der Waals surface area contributed by atoms with Gasteiger partial charge in [-0.2, -0.15) is 5.10 Å². The van der Waals surface area contributed by atoms with E-state index in [1.54, 1.807) is 10.9 Å². The van der Waals surface area contributed by atoms with Crippen molar-refractivity contribution >= 4 is 11.7 Å². The first-order chi connectivity index (χ1) is 11.1. The smallest absolute Gasteiger partial charge is 0.225 e. The van der Waals surface area contributed by atoms with E-state index in [2.05, 4.69) is 15.4 Å². The fraction of sp³-hybridized carbons (Fsp3) is 0.471. The molecular weight excluding hydrogens is 290 g/mol. The number of nitrogens with zero attached hydrogens (tertiary/aromatic N) is 3. The molecule has 0 aliphatic heterocycles. The van der Waals surface area contributed by atoms with Gasteiger partial charge in [-0.15, -0.1) is 0 Å².